The van der Waals surface area contributed by atoms with Crippen LogP contribution in [0.3, 0.4) is 0 Å². The van der Waals surface area contributed by atoms with Crippen molar-refractivity contribution in [1.29, 1.82) is 0 Å². The first-order valence-electron chi connectivity index (χ1n) is 7.32. The van der Waals surface area contributed by atoms with Crippen molar-refractivity contribution >= 4 is 11.8 Å². The van der Waals surface area contributed by atoms with Crippen LogP contribution in [0.5, 0.6) is 0 Å². The molecule has 0 atom stereocenters. The molecule has 1 saturated heterocycles. The number of amides is 2. The predicted octanol–water partition coefficient (Wildman–Crippen LogP) is 0.477. The molecule has 1 aliphatic carbocycles. The SMILES string of the molecule is O=C1C=C(N2CCNCC2)C(=O)N1C1CCCCC1. The summed E-state index contributed by atoms with van der Waals surface area (Å²) in [5, 5.41) is 3.26. The molecule has 0 spiro atoms. The molecule has 0 aromatic rings. The number of hydrogen-bond donors (Lipinski definition) is 1. The van der Waals surface area contributed by atoms with Gasteiger partial charge < -0.3 is 10.2 Å². The van der Waals surface area contributed by atoms with Gasteiger partial charge in [-0.15, -0.1) is 0 Å². The van der Waals surface area contributed by atoms with Crippen molar-refractivity contribution in [3.63, 3.8) is 0 Å². The summed E-state index contributed by atoms with van der Waals surface area (Å²) < 4.78 is 0. The van der Waals surface area contributed by atoms with Crippen LogP contribution in [-0.2, 0) is 9.59 Å². The van der Waals surface area contributed by atoms with E-state index in [9.17, 15) is 9.59 Å². The lowest BCUT2D eigenvalue weighted by Crippen LogP contribution is -2.47. The Morgan fingerprint density at radius 3 is 2.42 bits per heavy atom. The highest BCUT2D eigenvalue weighted by Crippen LogP contribution is 2.28. The van der Waals surface area contributed by atoms with Crippen molar-refractivity contribution in [2.24, 2.45) is 0 Å². The molecule has 3 rings (SSSR count). The van der Waals surface area contributed by atoms with E-state index >= 15 is 0 Å². The van der Waals surface area contributed by atoms with Crippen LogP contribution >= 0.6 is 0 Å². The van der Waals surface area contributed by atoms with E-state index in [1.807, 2.05) is 4.90 Å². The molecule has 3 aliphatic rings. The second-order valence-electron chi connectivity index (χ2n) is 5.57. The van der Waals surface area contributed by atoms with E-state index in [-0.39, 0.29) is 17.9 Å². The van der Waals surface area contributed by atoms with E-state index in [0.29, 0.717) is 5.70 Å². The summed E-state index contributed by atoms with van der Waals surface area (Å²) in [5.41, 5.74) is 0.608. The van der Waals surface area contributed by atoms with Crippen molar-refractivity contribution in [2.75, 3.05) is 26.2 Å². The van der Waals surface area contributed by atoms with Crippen LogP contribution in [0, 0.1) is 0 Å². The Labute approximate surface area is 113 Å². The molecule has 104 valence electrons. The van der Waals surface area contributed by atoms with Crippen LogP contribution in [0.1, 0.15) is 32.1 Å². The summed E-state index contributed by atoms with van der Waals surface area (Å²) in [5.74, 6) is -0.177. The molecule has 0 aromatic carbocycles. The van der Waals surface area contributed by atoms with Crippen LogP contribution in [0.25, 0.3) is 0 Å². The van der Waals surface area contributed by atoms with Crippen molar-refractivity contribution in [2.45, 2.75) is 38.1 Å². The predicted molar refractivity (Wildman–Crippen MR) is 71.3 cm³/mol. The molecular weight excluding hydrogens is 242 g/mol. The minimum Gasteiger partial charge on any atom is -0.364 e. The van der Waals surface area contributed by atoms with Gasteiger partial charge in [0.2, 0.25) is 0 Å². The van der Waals surface area contributed by atoms with Gasteiger partial charge in [-0.2, -0.15) is 0 Å². The highest BCUT2D eigenvalue weighted by Gasteiger charge is 2.39. The van der Waals surface area contributed by atoms with E-state index < -0.39 is 0 Å². The molecule has 5 nitrogen and oxygen atoms in total. The fourth-order valence-corrected chi connectivity index (χ4v) is 3.29. The highest BCUT2D eigenvalue weighted by molar-refractivity contribution is 6.16. The molecule has 2 heterocycles. The number of rotatable bonds is 2. The fraction of sp³-hybridized carbons (Fsp3) is 0.714. The topological polar surface area (TPSA) is 52.7 Å². The Morgan fingerprint density at radius 1 is 1.05 bits per heavy atom. The Kier molecular flexibility index (Phi) is 3.55. The van der Waals surface area contributed by atoms with E-state index in [4.69, 9.17) is 0 Å². The molecule has 0 unspecified atom stereocenters. The monoisotopic (exact) mass is 263 g/mol. The zero-order chi connectivity index (χ0) is 13.2. The standard InChI is InChI=1S/C14H21N3O2/c18-13-10-12(16-8-6-15-7-9-16)14(19)17(13)11-4-2-1-3-5-11/h10-11,15H,1-9H2. The summed E-state index contributed by atoms with van der Waals surface area (Å²) in [7, 11) is 0. The number of piperazine rings is 1. The van der Waals surface area contributed by atoms with Crippen LogP contribution in [0.15, 0.2) is 11.8 Å². The minimum absolute atomic E-state index is 0.0706. The van der Waals surface area contributed by atoms with Gasteiger partial charge in [-0.25, -0.2) is 0 Å². The molecule has 0 bridgehead atoms. The number of hydrogen-bond acceptors (Lipinski definition) is 4. The molecule has 1 saturated carbocycles. The zero-order valence-corrected chi connectivity index (χ0v) is 11.2. The molecule has 2 fully saturated rings. The van der Waals surface area contributed by atoms with Crippen molar-refractivity contribution in [1.82, 2.24) is 15.1 Å². The number of imide groups is 1. The van der Waals surface area contributed by atoms with Crippen molar-refractivity contribution in [3.8, 4) is 0 Å². The molecule has 5 heteroatoms. The van der Waals surface area contributed by atoms with Crippen molar-refractivity contribution in [3.05, 3.63) is 11.8 Å². The van der Waals surface area contributed by atoms with Crippen LogP contribution in [0.4, 0.5) is 0 Å². The maximum absolute atomic E-state index is 12.5. The quantitative estimate of drug-likeness (QED) is 0.736. The van der Waals surface area contributed by atoms with E-state index in [1.165, 1.54) is 11.3 Å². The molecule has 2 aliphatic heterocycles. The van der Waals surface area contributed by atoms with E-state index in [0.717, 1.165) is 51.9 Å². The maximum Gasteiger partial charge on any atom is 0.277 e. The highest BCUT2D eigenvalue weighted by atomic mass is 16.2. The van der Waals surface area contributed by atoms with Crippen LogP contribution in [-0.4, -0.2) is 53.8 Å². The maximum atomic E-state index is 12.5. The average molecular weight is 263 g/mol. The Morgan fingerprint density at radius 2 is 1.74 bits per heavy atom. The first-order valence-corrected chi connectivity index (χ1v) is 7.32. The summed E-state index contributed by atoms with van der Waals surface area (Å²) >= 11 is 0. The average Bonchev–Trinajstić information content (AvgIpc) is 2.76. The third-order valence-electron chi connectivity index (χ3n) is 4.33. The lowest BCUT2D eigenvalue weighted by atomic mass is 9.94. The molecule has 0 radical (unpaired) electrons. The van der Waals surface area contributed by atoms with Gasteiger partial charge in [0.25, 0.3) is 11.8 Å². The number of nitrogens with zero attached hydrogens (tertiary/aromatic N) is 2. The Bertz CT molecular complexity index is 407. The fourth-order valence-electron chi connectivity index (χ4n) is 3.29. The van der Waals surface area contributed by atoms with Gasteiger partial charge in [-0.3, -0.25) is 14.5 Å². The van der Waals surface area contributed by atoms with E-state index in [2.05, 4.69) is 5.32 Å². The first-order chi connectivity index (χ1) is 9.27. The molecular formula is C14H21N3O2. The van der Waals surface area contributed by atoms with Gasteiger partial charge in [0.15, 0.2) is 0 Å². The second-order valence-corrected chi connectivity index (χ2v) is 5.57. The molecule has 0 aromatic heterocycles. The Hall–Kier alpha value is -1.36. The molecule has 2 amide bonds. The van der Waals surface area contributed by atoms with E-state index in [1.54, 1.807) is 6.08 Å². The summed E-state index contributed by atoms with van der Waals surface area (Å²) in [4.78, 5) is 28.2. The first kappa shape index (κ1) is 12.7. The lowest BCUT2D eigenvalue weighted by molar-refractivity contribution is -0.141. The third kappa shape index (κ3) is 2.39. The normalized spacial score (nSPS) is 26.0. The molecule has 1 N–H and O–H groups in total. The second kappa shape index (κ2) is 5.33. The van der Waals surface area contributed by atoms with Gasteiger partial charge in [-0.05, 0) is 12.8 Å². The number of carbonyl (C=O) groups is 2. The van der Waals surface area contributed by atoms with Gasteiger partial charge in [-0.1, -0.05) is 19.3 Å². The third-order valence-corrected chi connectivity index (χ3v) is 4.33. The largest absolute Gasteiger partial charge is 0.364 e. The number of carbonyl (C=O) groups excluding carboxylic acids is 2. The summed E-state index contributed by atoms with van der Waals surface area (Å²) in [6.07, 6.45) is 6.97. The van der Waals surface area contributed by atoms with Gasteiger partial charge in [0.05, 0.1) is 0 Å². The van der Waals surface area contributed by atoms with Gasteiger partial charge >= 0.3 is 0 Å². The van der Waals surface area contributed by atoms with Crippen LogP contribution in [0.2, 0.25) is 0 Å². The lowest BCUT2D eigenvalue weighted by Gasteiger charge is -2.32. The molecule has 19 heavy (non-hydrogen) atoms. The van der Waals surface area contributed by atoms with Gasteiger partial charge in [0, 0.05) is 38.3 Å². The summed E-state index contributed by atoms with van der Waals surface area (Å²) in [6, 6.07) is 0.130. The van der Waals surface area contributed by atoms with Crippen molar-refractivity contribution < 1.29 is 9.59 Å². The zero-order valence-electron chi connectivity index (χ0n) is 11.2. The number of nitrogens with one attached hydrogen (secondary N) is 1. The van der Waals surface area contributed by atoms with Gasteiger partial charge in [0.1, 0.15) is 5.70 Å². The Balaban J connectivity index is 1.72. The van der Waals surface area contributed by atoms with Crippen LogP contribution < -0.4 is 5.32 Å². The smallest absolute Gasteiger partial charge is 0.277 e. The minimum atomic E-state index is -0.106. The summed E-state index contributed by atoms with van der Waals surface area (Å²) in [6.45, 7) is 3.37.